The topological polar surface area (TPSA) is 0 Å². The molecule has 0 N–H and O–H groups in total. The molecule has 1 unspecified atom stereocenters. The summed E-state index contributed by atoms with van der Waals surface area (Å²) in [7, 11) is -1.37. The van der Waals surface area contributed by atoms with E-state index in [0.29, 0.717) is 5.02 Å². The molecule has 0 aliphatic rings. The Morgan fingerprint density at radius 3 is 2.36 bits per heavy atom. The van der Waals surface area contributed by atoms with Gasteiger partial charge in [0.15, 0.2) is 0 Å². The molecule has 1 radical (unpaired) electrons. The third-order valence-electron chi connectivity index (χ3n) is 2.38. The van der Waals surface area contributed by atoms with Gasteiger partial charge in [-0.05, 0) is 30.2 Å². The first-order chi connectivity index (χ1) is 6.32. The highest BCUT2D eigenvalue weighted by Gasteiger charge is 2.25. The fraction of sp³-hybridized carbons (Fsp3) is 0.364. The first-order valence-electron chi connectivity index (χ1n) is 4.60. The van der Waals surface area contributed by atoms with Gasteiger partial charge in [-0.25, -0.2) is 4.39 Å². The predicted octanol–water partition coefficient (Wildman–Crippen LogP) is 4.27. The molecule has 0 saturated heterocycles. The first-order valence-corrected chi connectivity index (χ1v) is 8.56. The van der Waals surface area contributed by atoms with E-state index in [9.17, 15) is 4.39 Å². The molecule has 1 aromatic rings. The number of hydrogen-bond acceptors (Lipinski definition) is 0. The number of hydrogen-bond donors (Lipinski definition) is 0. The van der Waals surface area contributed by atoms with Crippen molar-refractivity contribution in [2.24, 2.45) is 0 Å². The summed E-state index contributed by atoms with van der Waals surface area (Å²) in [5.74, 6) is -0.290. The van der Waals surface area contributed by atoms with E-state index < -0.39 is 8.07 Å². The smallest absolute Gasteiger partial charge is 0.124 e. The lowest BCUT2D eigenvalue weighted by atomic mass is 10.1. The molecule has 0 aliphatic carbocycles. The Bertz CT molecular complexity index is 331. The molecule has 14 heavy (non-hydrogen) atoms. The quantitative estimate of drug-likeness (QED) is 0.665. The third kappa shape index (κ3) is 2.58. The highest BCUT2D eigenvalue weighted by atomic mass is 35.5. The zero-order valence-electron chi connectivity index (χ0n) is 8.77. The SMILES string of the molecule is [CH2]C(c1ccc(F)cc1Cl)[Si](C)(C)C. The summed E-state index contributed by atoms with van der Waals surface area (Å²) in [6.45, 7) is 10.8. The summed E-state index contributed by atoms with van der Waals surface area (Å²) in [4.78, 5) is 0. The molecular formula is C11H15ClFSi. The van der Waals surface area contributed by atoms with Crippen LogP contribution in [0.3, 0.4) is 0 Å². The highest BCUT2D eigenvalue weighted by molar-refractivity contribution is 6.77. The molecule has 0 aliphatic heterocycles. The maximum atomic E-state index is 12.8. The summed E-state index contributed by atoms with van der Waals surface area (Å²) < 4.78 is 12.8. The second kappa shape index (κ2) is 4.03. The average Bonchev–Trinajstić information content (AvgIpc) is 2.01. The van der Waals surface area contributed by atoms with Crippen molar-refractivity contribution >= 4 is 19.7 Å². The fourth-order valence-corrected chi connectivity index (χ4v) is 2.83. The molecule has 0 spiro atoms. The molecule has 1 rings (SSSR count). The van der Waals surface area contributed by atoms with Gasteiger partial charge in [0, 0.05) is 5.02 Å². The molecule has 1 aromatic carbocycles. The minimum atomic E-state index is -1.37. The fourth-order valence-electron chi connectivity index (χ4n) is 1.25. The Hall–Kier alpha value is -0.343. The first kappa shape index (κ1) is 11.7. The van der Waals surface area contributed by atoms with Gasteiger partial charge in [-0.3, -0.25) is 0 Å². The van der Waals surface area contributed by atoms with Crippen LogP contribution in [0.4, 0.5) is 4.39 Å². The summed E-state index contributed by atoms with van der Waals surface area (Å²) in [6.07, 6.45) is 0. The monoisotopic (exact) mass is 229 g/mol. The predicted molar refractivity (Wildman–Crippen MR) is 62.9 cm³/mol. The Morgan fingerprint density at radius 1 is 1.36 bits per heavy atom. The van der Waals surface area contributed by atoms with E-state index in [1.165, 1.54) is 12.1 Å². The van der Waals surface area contributed by atoms with Crippen LogP contribution in [-0.2, 0) is 0 Å². The van der Waals surface area contributed by atoms with Crippen LogP contribution in [0, 0.1) is 12.7 Å². The van der Waals surface area contributed by atoms with Crippen molar-refractivity contribution in [1.82, 2.24) is 0 Å². The lowest BCUT2D eigenvalue weighted by molar-refractivity contribution is 0.627. The lowest BCUT2D eigenvalue weighted by Gasteiger charge is -2.26. The second-order valence-corrected chi connectivity index (χ2v) is 10.4. The van der Waals surface area contributed by atoms with E-state index in [2.05, 4.69) is 26.6 Å². The van der Waals surface area contributed by atoms with Crippen LogP contribution >= 0.6 is 11.6 Å². The molecule has 0 amide bonds. The van der Waals surface area contributed by atoms with Gasteiger partial charge in [0.2, 0.25) is 0 Å². The normalized spacial score (nSPS) is 14.1. The Balaban J connectivity index is 3.08. The summed E-state index contributed by atoms with van der Waals surface area (Å²) in [5.41, 5.74) is 1.17. The van der Waals surface area contributed by atoms with E-state index >= 15 is 0 Å². The summed E-state index contributed by atoms with van der Waals surface area (Å²) in [6, 6.07) is 4.54. The molecule has 0 saturated carbocycles. The Morgan fingerprint density at radius 2 is 1.93 bits per heavy atom. The largest absolute Gasteiger partial charge is 0.207 e. The van der Waals surface area contributed by atoms with Gasteiger partial charge in [0.05, 0.1) is 8.07 Å². The van der Waals surface area contributed by atoms with Crippen molar-refractivity contribution in [3.8, 4) is 0 Å². The molecule has 0 heterocycles. The van der Waals surface area contributed by atoms with Gasteiger partial charge in [-0.1, -0.05) is 37.3 Å². The van der Waals surface area contributed by atoms with Crippen molar-refractivity contribution in [3.63, 3.8) is 0 Å². The molecule has 0 nitrogen and oxygen atoms in total. The zero-order chi connectivity index (χ0) is 10.9. The van der Waals surface area contributed by atoms with Crippen molar-refractivity contribution in [2.45, 2.75) is 25.2 Å². The standard InChI is InChI=1S/C11H15ClFSi/c1-8(14(2,3)4)10-6-5-9(13)7-11(10)12/h5-8H,1H2,2-4H3. The van der Waals surface area contributed by atoms with Crippen LogP contribution in [0.15, 0.2) is 18.2 Å². The van der Waals surface area contributed by atoms with Gasteiger partial charge in [-0.15, -0.1) is 0 Å². The zero-order valence-corrected chi connectivity index (χ0v) is 10.5. The summed E-state index contributed by atoms with van der Waals surface area (Å²) in [5, 5.41) is 0.493. The van der Waals surface area contributed by atoms with Gasteiger partial charge < -0.3 is 0 Å². The lowest BCUT2D eigenvalue weighted by Crippen LogP contribution is -2.29. The van der Waals surface area contributed by atoms with Crippen LogP contribution in [0.2, 0.25) is 24.7 Å². The minimum Gasteiger partial charge on any atom is -0.207 e. The average molecular weight is 230 g/mol. The molecule has 0 fully saturated rings. The maximum absolute atomic E-state index is 12.8. The van der Waals surface area contributed by atoms with Crippen LogP contribution in [0.5, 0.6) is 0 Å². The Labute approximate surface area is 91.1 Å². The number of benzene rings is 1. The van der Waals surface area contributed by atoms with Crippen molar-refractivity contribution in [1.29, 1.82) is 0 Å². The van der Waals surface area contributed by atoms with Crippen LogP contribution in [-0.4, -0.2) is 8.07 Å². The van der Waals surface area contributed by atoms with Gasteiger partial charge in [0.1, 0.15) is 5.82 Å². The van der Waals surface area contributed by atoms with E-state index in [4.69, 9.17) is 11.6 Å². The molecule has 77 valence electrons. The van der Waals surface area contributed by atoms with E-state index in [0.717, 1.165) is 5.56 Å². The van der Waals surface area contributed by atoms with Crippen LogP contribution in [0.25, 0.3) is 0 Å². The van der Waals surface area contributed by atoms with Crippen molar-refractivity contribution < 1.29 is 4.39 Å². The van der Waals surface area contributed by atoms with E-state index in [1.54, 1.807) is 6.07 Å². The van der Waals surface area contributed by atoms with Crippen molar-refractivity contribution in [2.75, 3.05) is 0 Å². The number of halogens is 2. The second-order valence-electron chi connectivity index (χ2n) is 4.58. The molecule has 1 atom stereocenters. The third-order valence-corrected chi connectivity index (χ3v) is 5.11. The van der Waals surface area contributed by atoms with Crippen molar-refractivity contribution in [3.05, 3.63) is 41.5 Å². The van der Waals surface area contributed by atoms with Crippen LogP contribution in [0.1, 0.15) is 11.1 Å². The van der Waals surface area contributed by atoms with Gasteiger partial charge in [-0.2, -0.15) is 0 Å². The van der Waals surface area contributed by atoms with E-state index in [-0.39, 0.29) is 11.4 Å². The van der Waals surface area contributed by atoms with Gasteiger partial charge >= 0.3 is 0 Å². The van der Waals surface area contributed by atoms with Crippen LogP contribution < -0.4 is 0 Å². The molecule has 0 bridgehead atoms. The molecular weight excluding hydrogens is 215 g/mol. The van der Waals surface area contributed by atoms with E-state index in [1.807, 2.05) is 0 Å². The summed E-state index contributed by atoms with van der Waals surface area (Å²) >= 11 is 5.97. The highest BCUT2D eigenvalue weighted by Crippen LogP contribution is 2.31. The maximum Gasteiger partial charge on any atom is 0.124 e. The number of rotatable bonds is 2. The molecule has 3 heteroatoms. The molecule has 0 aromatic heterocycles. The minimum absolute atomic E-state index is 0.204. The van der Waals surface area contributed by atoms with Gasteiger partial charge in [0.25, 0.3) is 0 Å². The Kier molecular flexibility index (Phi) is 3.38.